The Hall–Kier alpha value is -2.97. The van der Waals surface area contributed by atoms with Crippen LogP contribution in [0.25, 0.3) is 6.08 Å². The minimum Gasteiger partial charge on any atom is -0.504 e. The highest BCUT2D eigenvalue weighted by atomic mass is 35.5. The molecule has 0 bridgehead atoms. The van der Waals surface area contributed by atoms with Crippen LogP contribution in [0.4, 0.5) is 10.5 Å². The number of nitrogens with one attached hydrogen (secondary N) is 1. The van der Waals surface area contributed by atoms with Gasteiger partial charge < -0.3 is 15.2 Å². The molecule has 0 aliphatic carbocycles. The summed E-state index contributed by atoms with van der Waals surface area (Å²) in [5.74, 6) is -1.19. The fourth-order valence-electron chi connectivity index (χ4n) is 2.62. The van der Waals surface area contributed by atoms with Gasteiger partial charge in [-0.2, -0.15) is 0 Å². The van der Waals surface area contributed by atoms with Crippen LogP contribution in [0.2, 0.25) is 5.02 Å². The molecule has 3 rings (SSSR count). The van der Waals surface area contributed by atoms with Crippen LogP contribution in [0.1, 0.15) is 11.1 Å². The van der Waals surface area contributed by atoms with Crippen LogP contribution >= 0.6 is 23.4 Å². The van der Waals surface area contributed by atoms with Crippen molar-refractivity contribution in [2.75, 3.05) is 19.0 Å². The Morgan fingerprint density at radius 1 is 1.28 bits per heavy atom. The van der Waals surface area contributed by atoms with Gasteiger partial charge in [0.25, 0.3) is 11.1 Å². The number of thioether (sulfide) groups is 1. The third kappa shape index (κ3) is 4.72. The number of imide groups is 1. The summed E-state index contributed by atoms with van der Waals surface area (Å²) in [6, 6.07) is 10.0. The fourth-order valence-corrected chi connectivity index (χ4v) is 3.66. The number of benzene rings is 2. The van der Waals surface area contributed by atoms with E-state index in [9.17, 15) is 19.5 Å². The Kier molecular flexibility index (Phi) is 6.14. The lowest BCUT2D eigenvalue weighted by molar-refractivity contribution is -0.127. The number of carbonyl (C=O) groups is 3. The SMILES string of the molecule is COc1cc(Cl)cc(/C=C2/SC(=O)N(CC(=O)Nc3ccc(C)cc3)C2=O)c1O. The second kappa shape index (κ2) is 8.59. The maximum absolute atomic E-state index is 12.6. The molecule has 9 heteroatoms. The summed E-state index contributed by atoms with van der Waals surface area (Å²) in [5.41, 5.74) is 1.84. The van der Waals surface area contributed by atoms with Crippen LogP contribution in [-0.4, -0.2) is 40.7 Å². The summed E-state index contributed by atoms with van der Waals surface area (Å²) in [5, 5.41) is 12.6. The minimum absolute atomic E-state index is 0.0674. The second-order valence-electron chi connectivity index (χ2n) is 6.23. The molecule has 2 aromatic rings. The van der Waals surface area contributed by atoms with Crippen molar-refractivity contribution < 1.29 is 24.2 Å². The van der Waals surface area contributed by atoms with Gasteiger partial charge in [0, 0.05) is 22.3 Å². The molecule has 2 aromatic carbocycles. The molecule has 0 unspecified atom stereocenters. The standard InChI is InChI=1S/C20H17ClN2O5S/c1-11-3-5-14(6-4-11)22-17(24)10-23-19(26)16(29-20(23)27)8-12-7-13(21)9-15(28-2)18(12)25/h3-9,25H,10H2,1-2H3,(H,22,24)/b16-8+. The van der Waals surface area contributed by atoms with Crippen LogP contribution < -0.4 is 10.1 Å². The molecule has 1 fully saturated rings. The Morgan fingerprint density at radius 2 is 1.97 bits per heavy atom. The van der Waals surface area contributed by atoms with Gasteiger partial charge >= 0.3 is 0 Å². The number of phenolic OH excluding ortho intramolecular Hbond substituents is 1. The van der Waals surface area contributed by atoms with Gasteiger partial charge in [0.05, 0.1) is 12.0 Å². The summed E-state index contributed by atoms with van der Waals surface area (Å²) < 4.78 is 5.03. The van der Waals surface area contributed by atoms with E-state index in [1.807, 2.05) is 19.1 Å². The molecule has 0 radical (unpaired) electrons. The van der Waals surface area contributed by atoms with Gasteiger partial charge in [-0.25, -0.2) is 0 Å². The van der Waals surface area contributed by atoms with E-state index in [4.69, 9.17) is 16.3 Å². The Balaban J connectivity index is 1.76. The fraction of sp³-hybridized carbons (Fsp3) is 0.150. The molecule has 0 spiro atoms. The van der Waals surface area contributed by atoms with E-state index >= 15 is 0 Å². The highest BCUT2D eigenvalue weighted by Crippen LogP contribution is 2.38. The first-order valence-corrected chi connectivity index (χ1v) is 9.66. The van der Waals surface area contributed by atoms with Crippen molar-refractivity contribution in [1.82, 2.24) is 4.90 Å². The molecular formula is C20H17ClN2O5S. The lowest BCUT2D eigenvalue weighted by Crippen LogP contribution is -2.36. The van der Waals surface area contributed by atoms with E-state index in [2.05, 4.69) is 5.32 Å². The number of methoxy groups -OCH3 is 1. The predicted molar refractivity (Wildman–Crippen MR) is 112 cm³/mol. The van der Waals surface area contributed by atoms with E-state index in [1.165, 1.54) is 25.3 Å². The van der Waals surface area contributed by atoms with E-state index in [-0.39, 0.29) is 22.0 Å². The molecule has 1 saturated heterocycles. The molecular weight excluding hydrogens is 416 g/mol. The van der Waals surface area contributed by atoms with E-state index in [0.717, 1.165) is 10.5 Å². The smallest absolute Gasteiger partial charge is 0.294 e. The van der Waals surface area contributed by atoms with Crippen LogP contribution in [0.15, 0.2) is 41.3 Å². The maximum Gasteiger partial charge on any atom is 0.294 e. The molecule has 1 aliphatic heterocycles. The topological polar surface area (TPSA) is 95.9 Å². The number of phenols is 1. The predicted octanol–water partition coefficient (Wildman–Crippen LogP) is 4.04. The number of amides is 3. The van der Waals surface area contributed by atoms with Crippen molar-refractivity contribution in [3.8, 4) is 11.5 Å². The van der Waals surface area contributed by atoms with Gasteiger partial charge in [0.15, 0.2) is 11.5 Å². The number of ether oxygens (including phenoxy) is 1. The Morgan fingerprint density at radius 3 is 2.62 bits per heavy atom. The average Bonchev–Trinajstić information content (AvgIpc) is 2.93. The molecule has 0 atom stereocenters. The highest BCUT2D eigenvalue weighted by molar-refractivity contribution is 8.18. The van der Waals surface area contributed by atoms with Crippen molar-refractivity contribution in [3.63, 3.8) is 0 Å². The van der Waals surface area contributed by atoms with Gasteiger partial charge in [0.2, 0.25) is 5.91 Å². The van der Waals surface area contributed by atoms with Crippen molar-refractivity contribution >= 4 is 52.2 Å². The zero-order valence-corrected chi connectivity index (χ0v) is 17.1. The molecule has 7 nitrogen and oxygen atoms in total. The van der Waals surface area contributed by atoms with E-state index in [0.29, 0.717) is 22.5 Å². The molecule has 1 heterocycles. The maximum atomic E-state index is 12.6. The molecule has 0 saturated carbocycles. The highest BCUT2D eigenvalue weighted by Gasteiger charge is 2.36. The van der Waals surface area contributed by atoms with Gasteiger partial charge in [-0.3, -0.25) is 19.3 Å². The molecule has 150 valence electrons. The number of hydrogen-bond acceptors (Lipinski definition) is 6. The first-order chi connectivity index (χ1) is 13.8. The molecule has 29 heavy (non-hydrogen) atoms. The summed E-state index contributed by atoms with van der Waals surface area (Å²) in [6.45, 7) is 1.51. The monoisotopic (exact) mass is 432 g/mol. The number of aromatic hydroxyl groups is 1. The number of rotatable bonds is 5. The number of hydrogen-bond donors (Lipinski definition) is 2. The summed E-state index contributed by atoms with van der Waals surface area (Å²) in [4.78, 5) is 38.0. The number of halogens is 1. The second-order valence-corrected chi connectivity index (χ2v) is 7.66. The normalized spacial score (nSPS) is 15.1. The summed E-state index contributed by atoms with van der Waals surface area (Å²) >= 11 is 6.67. The number of aryl methyl sites for hydroxylation is 1. The van der Waals surface area contributed by atoms with Crippen LogP contribution in [0.3, 0.4) is 0 Å². The zero-order valence-electron chi connectivity index (χ0n) is 15.6. The number of carbonyl (C=O) groups excluding carboxylic acids is 3. The Bertz CT molecular complexity index is 1020. The van der Waals surface area contributed by atoms with E-state index < -0.39 is 23.6 Å². The largest absolute Gasteiger partial charge is 0.504 e. The lowest BCUT2D eigenvalue weighted by atomic mass is 10.1. The van der Waals surface area contributed by atoms with Crippen LogP contribution in [0.5, 0.6) is 11.5 Å². The van der Waals surface area contributed by atoms with Crippen molar-refractivity contribution in [2.45, 2.75) is 6.92 Å². The molecule has 2 N–H and O–H groups in total. The van der Waals surface area contributed by atoms with Crippen molar-refractivity contribution in [1.29, 1.82) is 0 Å². The van der Waals surface area contributed by atoms with Gasteiger partial charge in [-0.15, -0.1) is 0 Å². The Labute approximate surface area is 176 Å². The average molecular weight is 433 g/mol. The van der Waals surface area contributed by atoms with Crippen molar-refractivity contribution in [3.05, 3.63) is 57.5 Å². The zero-order chi connectivity index (χ0) is 21.1. The molecule has 3 amide bonds. The summed E-state index contributed by atoms with van der Waals surface area (Å²) in [6.07, 6.45) is 1.34. The quantitative estimate of drug-likeness (QED) is 0.692. The van der Waals surface area contributed by atoms with Crippen LogP contribution in [-0.2, 0) is 9.59 Å². The number of nitrogens with zero attached hydrogens (tertiary/aromatic N) is 1. The first-order valence-electron chi connectivity index (χ1n) is 8.47. The van der Waals surface area contributed by atoms with Gasteiger partial charge in [-0.05, 0) is 43.0 Å². The lowest BCUT2D eigenvalue weighted by Gasteiger charge is -2.12. The van der Waals surface area contributed by atoms with Gasteiger partial charge in [0.1, 0.15) is 6.54 Å². The third-order valence-electron chi connectivity index (χ3n) is 4.09. The van der Waals surface area contributed by atoms with E-state index in [1.54, 1.807) is 12.1 Å². The molecule has 0 aromatic heterocycles. The van der Waals surface area contributed by atoms with Crippen molar-refractivity contribution in [2.24, 2.45) is 0 Å². The minimum atomic E-state index is -0.627. The van der Waals surface area contributed by atoms with Gasteiger partial charge in [-0.1, -0.05) is 29.3 Å². The first kappa shape index (κ1) is 20.8. The van der Waals surface area contributed by atoms with Crippen LogP contribution in [0, 0.1) is 6.92 Å². The summed E-state index contributed by atoms with van der Waals surface area (Å²) in [7, 11) is 1.37. The third-order valence-corrected chi connectivity index (χ3v) is 5.21. The molecule has 1 aliphatic rings. The number of anilines is 1.